The molecule has 20 heavy (non-hydrogen) atoms. The summed E-state index contributed by atoms with van der Waals surface area (Å²) in [6.45, 7) is 0. The first-order valence-electron chi connectivity index (χ1n) is 6.22. The molecule has 0 amide bonds. The molecule has 4 heteroatoms. The Hall–Kier alpha value is -2.36. The molecule has 0 aromatic heterocycles. The van der Waals surface area contributed by atoms with Crippen LogP contribution in [0.25, 0.3) is 11.1 Å². The second-order valence-electron chi connectivity index (χ2n) is 4.55. The van der Waals surface area contributed by atoms with E-state index in [0.29, 0.717) is 22.6 Å². The van der Waals surface area contributed by atoms with E-state index in [9.17, 15) is 5.11 Å². The molecule has 2 aromatic carbocycles. The van der Waals surface area contributed by atoms with E-state index in [0.717, 1.165) is 5.69 Å². The number of hydrogen-bond acceptors (Lipinski definition) is 4. The molecule has 105 valence electrons. The molecule has 1 N–H and O–H groups in total. The highest BCUT2D eigenvalue weighted by Crippen LogP contribution is 2.41. The minimum absolute atomic E-state index is 0.180. The van der Waals surface area contributed by atoms with Gasteiger partial charge in [0, 0.05) is 37.0 Å². The Labute approximate surface area is 119 Å². The number of nitrogens with zero attached hydrogens (tertiary/aromatic N) is 1. The summed E-state index contributed by atoms with van der Waals surface area (Å²) in [6, 6.07) is 12.1. The van der Waals surface area contributed by atoms with Crippen molar-refractivity contribution in [1.29, 1.82) is 0 Å². The number of hydrogen-bond donors (Lipinski definition) is 1. The molecular formula is C16H18NO3. The lowest BCUT2D eigenvalue weighted by molar-refractivity contribution is 0.356. The van der Waals surface area contributed by atoms with Crippen LogP contribution in [0.1, 0.15) is 0 Å². The third-order valence-corrected chi connectivity index (χ3v) is 3.10. The zero-order valence-corrected chi connectivity index (χ0v) is 12.1. The zero-order chi connectivity index (χ0) is 14.7. The Morgan fingerprint density at radius 1 is 1.10 bits per heavy atom. The number of anilines is 1. The van der Waals surface area contributed by atoms with Crippen molar-refractivity contribution in [2.24, 2.45) is 0 Å². The van der Waals surface area contributed by atoms with Crippen LogP contribution in [-0.4, -0.2) is 33.4 Å². The van der Waals surface area contributed by atoms with E-state index in [4.69, 9.17) is 9.47 Å². The lowest BCUT2D eigenvalue weighted by Crippen LogP contribution is -2.08. The second-order valence-corrected chi connectivity index (χ2v) is 4.55. The summed E-state index contributed by atoms with van der Waals surface area (Å²) in [5, 5.41) is 10.2. The third-order valence-electron chi connectivity index (χ3n) is 3.10. The Morgan fingerprint density at radius 3 is 2.40 bits per heavy atom. The van der Waals surface area contributed by atoms with E-state index in [2.05, 4.69) is 6.07 Å². The first-order valence-corrected chi connectivity index (χ1v) is 6.22. The molecule has 0 unspecified atom stereocenters. The standard InChI is InChI=1S/C16H18NO3/c1-17(2)11-8-9-12(14(18)10-11)13-6-5-7-15(19-3)16(13)20-4/h5,7-10,18H,1-4H3. The molecule has 0 bridgehead atoms. The fourth-order valence-corrected chi connectivity index (χ4v) is 2.04. The van der Waals surface area contributed by atoms with Crippen LogP contribution in [0, 0.1) is 6.07 Å². The van der Waals surface area contributed by atoms with Crippen LogP contribution < -0.4 is 14.4 Å². The molecular weight excluding hydrogens is 254 g/mol. The summed E-state index contributed by atoms with van der Waals surface area (Å²) in [5.74, 6) is 1.35. The minimum atomic E-state index is 0.180. The second kappa shape index (κ2) is 5.74. The van der Waals surface area contributed by atoms with Gasteiger partial charge in [0.1, 0.15) is 5.75 Å². The predicted octanol–water partition coefficient (Wildman–Crippen LogP) is 2.94. The number of aromatic hydroxyl groups is 1. The van der Waals surface area contributed by atoms with Gasteiger partial charge in [0.05, 0.1) is 14.2 Å². The van der Waals surface area contributed by atoms with Crippen LogP contribution in [0.3, 0.4) is 0 Å². The number of phenolic OH excluding ortho intramolecular Hbond substituents is 1. The molecule has 2 aromatic rings. The lowest BCUT2D eigenvalue weighted by atomic mass is 10.0. The van der Waals surface area contributed by atoms with Crippen molar-refractivity contribution in [3.8, 4) is 28.4 Å². The van der Waals surface area contributed by atoms with Crippen molar-refractivity contribution in [2.45, 2.75) is 0 Å². The summed E-state index contributed by atoms with van der Waals surface area (Å²) in [5.41, 5.74) is 2.26. The molecule has 0 spiro atoms. The van der Waals surface area contributed by atoms with E-state index in [1.54, 1.807) is 32.4 Å². The zero-order valence-electron chi connectivity index (χ0n) is 12.1. The van der Waals surface area contributed by atoms with E-state index in [1.807, 2.05) is 31.1 Å². The fraction of sp³-hybridized carbons (Fsp3) is 0.250. The van der Waals surface area contributed by atoms with Gasteiger partial charge in [-0.2, -0.15) is 0 Å². The number of phenols is 1. The number of rotatable bonds is 4. The molecule has 0 saturated carbocycles. The molecule has 4 nitrogen and oxygen atoms in total. The highest BCUT2D eigenvalue weighted by molar-refractivity contribution is 5.79. The molecule has 0 aliphatic rings. The van der Waals surface area contributed by atoms with Gasteiger partial charge in [-0.3, -0.25) is 0 Å². The van der Waals surface area contributed by atoms with Crippen LogP contribution in [0.5, 0.6) is 17.2 Å². The maximum atomic E-state index is 10.2. The molecule has 0 atom stereocenters. The highest BCUT2D eigenvalue weighted by Gasteiger charge is 2.15. The average molecular weight is 272 g/mol. The Balaban J connectivity index is 2.57. The molecule has 0 fully saturated rings. The van der Waals surface area contributed by atoms with Gasteiger partial charge in [0.25, 0.3) is 0 Å². The Morgan fingerprint density at radius 2 is 1.85 bits per heavy atom. The molecule has 0 aliphatic heterocycles. The van der Waals surface area contributed by atoms with Crippen molar-refractivity contribution in [3.05, 3.63) is 36.4 Å². The first-order chi connectivity index (χ1) is 9.58. The van der Waals surface area contributed by atoms with Crippen molar-refractivity contribution in [2.75, 3.05) is 33.2 Å². The van der Waals surface area contributed by atoms with Gasteiger partial charge in [-0.25, -0.2) is 0 Å². The van der Waals surface area contributed by atoms with Gasteiger partial charge >= 0.3 is 0 Å². The molecule has 0 heterocycles. The van der Waals surface area contributed by atoms with Gasteiger partial charge in [-0.1, -0.05) is 0 Å². The van der Waals surface area contributed by atoms with Gasteiger partial charge in [-0.15, -0.1) is 0 Å². The summed E-state index contributed by atoms with van der Waals surface area (Å²) in [4.78, 5) is 1.93. The average Bonchev–Trinajstić information content (AvgIpc) is 2.46. The summed E-state index contributed by atoms with van der Waals surface area (Å²) in [6.07, 6.45) is 0. The number of ether oxygens (including phenoxy) is 2. The molecule has 0 saturated heterocycles. The van der Waals surface area contributed by atoms with Gasteiger partial charge in [0.2, 0.25) is 0 Å². The third kappa shape index (κ3) is 2.50. The van der Waals surface area contributed by atoms with Gasteiger partial charge in [0.15, 0.2) is 11.5 Å². The maximum absolute atomic E-state index is 10.2. The van der Waals surface area contributed by atoms with Crippen LogP contribution >= 0.6 is 0 Å². The fourth-order valence-electron chi connectivity index (χ4n) is 2.04. The number of methoxy groups -OCH3 is 2. The Kier molecular flexibility index (Phi) is 4.03. The normalized spacial score (nSPS) is 10.2. The van der Waals surface area contributed by atoms with Crippen molar-refractivity contribution in [3.63, 3.8) is 0 Å². The van der Waals surface area contributed by atoms with Crippen LogP contribution in [-0.2, 0) is 0 Å². The summed E-state index contributed by atoms with van der Waals surface area (Å²) < 4.78 is 10.6. The monoisotopic (exact) mass is 272 g/mol. The van der Waals surface area contributed by atoms with E-state index in [-0.39, 0.29) is 5.75 Å². The quantitative estimate of drug-likeness (QED) is 0.929. The first kappa shape index (κ1) is 14.1. The number of benzene rings is 2. The Bertz CT molecular complexity index is 609. The lowest BCUT2D eigenvalue weighted by Gasteiger charge is -2.16. The predicted molar refractivity (Wildman–Crippen MR) is 79.8 cm³/mol. The van der Waals surface area contributed by atoms with E-state index < -0.39 is 0 Å². The van der Waals surface area contributed by atoms with Gasteiger partial charge < -0.3 is 19.5 Å². The largest absolute Gasteiger partial charge is 0.507 e. The van der Waals surface area contributed by atoms with Crippen molar-refractivity contribution >= 4 is 5.69 Å². The van der Waals surface area contributed by atoms with Crippen LogP contribution in [0.2, 0.25) is 0 Å². The smallest absolute Gasteiger partial charge is 0.169 e. The summed E-state index contributed by atoms with van der Waals surface area (Å²) in [7, 11) is 7.00. The van der Waals surface area contributed by atoms with Crippen LogP contribution in [0.15, 0.2) is 30.3 Å². The van der Waals surface area contributed by atoms with Crippen LogP contribution in [0.4, 0.5) is 5.69 Å². The molecule has 2 rings (SSSR count). The van der Waals surface area contributed by atoms with E-state index >= 15 is 0 Å². The highest BCUT2D eigenvalue weighted by atomic mass is 16.5. The molecule has 0 aliphatic carbocycles. The van der Waals surface area contributed by atoms with Crippen molar-refractivity contribution < 1.29 is 14.6 Å². The van der Waals surface area contributed by atoms with E-state index in [1.165, 1.54) is 0 Å². The SMILES string of the molecule is COc1cc[c]c(-c2ccc(N(C)C)cc2O)c1OC. The minimum Gasteiger partial charge on any atom is -0.507 e. The van der Waals surface area contributed by atoms with Gasteiger partial charge in [-0.05, 0) is 30.3 Å². The molecule has 1 radical (unpaired) electrons. The summed E-state index contributed by atoms with van der Waals surface area (Å²) >= 11 is 0. The topological polar surface area (TPSA) is 41.9 Å². The van der Waals surface area contributed by atoms with Crippen molar-refractivity contribution in [1.82, 2.24) is 0 Å². The maximum Gasteiger partial charge on any atom is 0.169 e.